The van der Waals surface area contributed by atoms with Crippen LogP contribution in [0.2, 0.25) is 0 Å². The first kappa shape index (κ1) is 13.4. The molecule has 0 fully saturated rings. The SMILES string of the molecule is Cc1ccc(NS(=O)(=O)c2ccc(CN)cn2)cn1. The van der Waals surface area contributed by atoms with Gasteiger partial charge in [0.15, 0.2) is 5.03 Å². The van der Waals surface area contributed by atoms with E-state index >= 15 is 0 Å². The van der Waals surface area contributed by atoms with Crippen molar-refractivity contribution in [3.8, 4) is 0 Å². The third-order valence-corrected chi connectivity index (χ3v) is 3.77. The summed E-state index contributed by atoms with van der Waals surface area (Å²) in [6, 6.07) is 6.43. The van der Waals surface area contributed by atoms with E-state index in [2.05, 4.69) is 14.7 Å². The number of anilines is 1. The van der Waals surface area contributed by atoms with Crippen LogP contribution in [-0.4, -0.2) is 18.4 Å². The molecule has 0 radical (unpaired) electrons. The van der Waals surface area contributed by atoms with E-state index in [0.717, 1.165) is 11.3 Å². The molecule has 3 N–H and O–H groups in total. The molecule has 0 saturated heterocycles. The molecule has 0 amide bonds. The normalized spacial score (nSPS) is 11.3. The van der Waals surface area contributed by atoms with Gasteiger partial charge in [0, 0.05) is 18.4 Å². The fraction of sp³-hybridized carbons (Fsp3) is 0.167. The highest BCUT2D eigenvalue weighted by molar-refractivity contribution is 7.92. The van der Waals surface area contributed by atoms with Gasteiger partial charge in [0.25, 0.3) is 10.0 Å². The molecule has 7 heteroatoms. The van der Waals surface area contributed by atoms with Gasteiger partial charge in [-0.1, -0.05) is 6.07 Å². The maximum atomic E-state index is 12.1. The Labute approximate surface area is 111 Å². The minimum Gasteiger partial charge on any atom is -0.326 e. The molecule has 19 heavy (non-hydrogen) atoms. The largest absolute Gasteiger partial charge is 0.326 e. The van der Waals surface area contributed by atoms with Crippen LogP contribution < -0.4 is 10.5 Å². The Morgan fingerprint density at radius 3 is 2.47 bits per heavy atom. The standard InChI is InChI=1S/C12H14N4O2S/c1-9-2-4-11(8-14-9)16-19(17,18)12-5-3-10(6-13)7-15-12/h2-5,7-8,16H,6,13H2,1H3. The lowest BCUT2D eigenvalue weighted by molar-refractivity contribution is 0.597. The Morgan fingerprint density at radius 1 is 1.16 bits per heavy atom. The predicted molar refractivity (Wildman–Crippen MR) is 71.9 cm³/mol. The van der Waals surface area contributed by atoms with Gasteiger partial charge in [-0.3, -0.25) is 9.71 Å². The third kappa shape index (κ3) is 3.27. The monoisotopic (exact) mass is 278 g/mol. The molecule has 0 bridgehead atoms. The molecule has 100 valence electrons. The predicted octanol–water partition coefficient (Wildman–Crippen LogP) is 1.04. The van der Waals surface area contributed by atoms with Gasteiger partial charge in [-0.15, -0.1) is 0 Å². The van der Waals surface area contributed by atoms with Crippen LogP contribution in [0.25, 0.3) is 0 Å². The Kier molecular flexibility index (Phi) is 3.77. The van der Waals surface area contributed by atoms with E-state index < -0.39 is 10.0 Å². The second-order valence-electron chi connectivity index (χ2n) is 4.00. The number of rotatable bonds is 4. The van der Waals surface area contributed by atoms with Crippen LogP contribution in [0, 0.1) is 6.92 Å². The molecule has 2 rings (SSSR count). The third-order valence-electron chi connectivity index (χ3n) is 2.47. The lowest BCUT2D eigenvalue weighted by atomic mass is 10.3. The van der Waals surface area contributed by atoms with E-state index in [-0.39, 0.29) is 5.03 Å². The summed E-state index contributed by atoms with van der Waals surface area (Å²) < 4.78 is 26.5. The van der Waals surface area contributed by atoms with Gasteiger partial charge in [0.1, 0.15) is 0 Å². The zero-order valence-electron chi connectivity index (χ0n) is 10.4. The van der Waals surface area contributed by atoms with Gasteiger partial charge < -0.3 is 5.73 Å². The van der Waals surface area contributed by atoms with E-state index in [1.165, 1.54) is 18.5 Å². The Bertz CT molecular complexity index is 651. The van der Waals surface area contributed by atoms with Crippen LogP contribution in [0.4, 0.5) is 5.69 Å². The summed E-state index contributed by atoms with van der Waals surface area (Å²) in [5.74, 6) is 0. The molecule has 0 aromatic carbocycles. The van der Waals surface area contributed by atoms with E-state index in [4.69, 9.17) is 5.73 Å². The van der Waals surface area contributed by atoms with Gasteiger partial charge in [0.05, 0.1) is 11.9 Å². The molecule has 0 aliphatic carbocycles. The lowest BCUT2D eigenvalue weighted by Crippen LogP contribution is -2.15. The zero-order valence-corrected chi connectivity index (χ0v) is 11.2. The number of nitrogens with two attached hydrogens (primary N) is 1. The molecular weight excluding hydrogens is 264 g/mol. The van der Waals surface area contributed by atoms with Crippen molar-refractivity contribution in [1.82, 2.24) is 9.97 Å². The second kappa shape index (κ2) is 5.33. The minimum absolute atomic E-state index is 0.0507. The summed E-state index contributed by atoms with van der Waals surface area (Å²) in [5, 5.41) is -0.0507. The second-order valence-corrected chi connectivity index (χ2v) is 5.63. The van der Waals surface area contributed by atoms with Crippen LogP contribution in [0.3, 0.4) is 0 Å². The molecule has 0 saturated carbocycles. The number of hydrogen-bond acceptors (Lipinski definition) is 5. The van der Waals surface area contributed by atoms with E-state index in [1.807, 2.05) is 6.92 Å². The molecule has 0 spiro atoms. The molecule has 0 aliphatic heterocycles. The van der Waals surface area contributed by atoms with Crippen LogP contribution >= 0.6 is 0 Å². The van der Waals surface area contributed by atoms with Crippen molar-refractivity contribution in [2.75, 3.05) is 4.72 Å². The Balaban J connectivity index is 2.24. The molecule has 6 nitrogen and oxygen atoms in total. The van der Waals surface area contributed by atoms with E-state index in [1.54, 1.807) is 18.2 Å². The van der Waals surface area contributed by atoms with E-state index in [9.17, 15) is 8.42 Å². The average Bonchev–Trinajstić information content (AvgIpc) is 2.41. The van der Waals surface area contributed by atoms with Gasteiger partial charge in [0.2, 0.25) is 0 Å². The van der Waals surface area contributed by atoms with Crippen LogP contribution in [0.5, 0.6) is 0 Å². The first-order valence-electron chi connectivity index (χ1n) is 5.62. The van der Waals surface area contributed by atoms with E-state index in [0.29, 0.717) is 12.2 Å². The Morgan fingerprint density at radius 2 is 1.95 bits per heavy atom. The Hall–Kier alpha value is -1.99. The van der Waals surface area contributed by atoms with Gasteiger partial charge in [-0.2, -0.15) is 8.42 Å². The summed E-state index contributed by atoms with van der Waals surface area (Å²) in [6.07, 6.45) is 2.91. The summed E-state index contributed by atoms with van der Waals surface area (Å²) in [5.41, 5.74) is 7.42. The van der Waals surface area contributed by atoms with Crippen molar-refractivity contribution in [1.29, 1.82) is 0 Å². The fourth-order valence-electron chi connectivity index (χ4n) is 1.43. The highest BCUT2D eigenvalue weighted by Gasteiger charge is 2.15. The van der Waals surface area contributed by atoms with Crippen LogP contribution in [0.15, 0.2) is 41.7 Å². The van der Waals surface area contributed by atoms with Gasteiger partial charge >= 0.3 is 0 Å². The molecule has 2 aromatic heterocycles. The maximum absolute atomic E-state index is 12.1. The maximum Gasteiger partial charge on any atom is 0.279 e. The van der Waals surface area contributed by atoms with Crippen molar-refractivity contribution < 1.29 is 8.42 Å². The quantitative estimate of drug-likeness (QED) is 0.871. The van der Waals surface area contributed by atoms with Crippen LogP contribution in [-0.2, 0) is 16.6 Å². The first-order chi connectivity index (χ1) is 9.01. The molecule has 0 unspecified atom stereocenters. The molecule has 2 heterocycles. The zero-order chi connectivity index (χ0) is 13.9. The van der Waals surface area contributed by atoms with Crippen molar-refractivity contribution >= 4 is 15.7 Å². The van der Waals surface area contributed by atoms with Crippen molar-refractivity contribution in [2.45, 2.75) is 18.5 Å². The summed E-state index contributed by atoms with van der Waals surface area (Å²) in [4.78, 5) is 7.90. The van der Waals surface area contributed by atoms with Crippen molar-refractivity contribution in [3.63, 3.8) is 0 Å². The first-order valence-corrected chi connectivity index (χ1v) is 7.10. The molecule has 2 aromatic rings. The number of nitrogens with one attached hydrogen (secondary N) is 1. The van der Waals surface area contributed by atoms with Crippen molar-refractivity contribution in [3.05, 3.63) is 47.9 Å². The average molecular weight is 278 g/mol. The summed E-state index contributed by atoms with van der Waals surface area (Å²) in [7, 11) is -3.69. The molecule has 0 aliphatic rings. The topological polar surface area (TPSA) is 98.0 Å². The molecule has 0 atom stereocenters. The number of pyridine rings is 2. The number of hydrogen-bond donors (Lipinski definition) is 2. The smallest absolute Gasteiger partial charge is 0.279 e. The van der Waals surface area contributed by atoms with Gasteiger partial charge in [-0.25, -0.2) is 4.98 Å². The fourth-order valence-corrected chi connectivity index (χ4v) is 2.40. The number of nitrogens with zero attached hydrogens (tertiary/aromatic N) is 2. The summed E-state index contributed by atoms with van der Waals surface area (Å²) >= 11 is 0. The lowest BCUT2D eigenvalue weighted by Gasteiger charge is -2.07. The highest BCUT2D eigenvalue weighted by atomic mass is 32.2. The minimum atomic E-state index is -3.69. The highest BCUT2D eigenvalue weighted by Crippen LogP contribution is 2.13. The number of aromatic nitrogens is 2. The summed E-state index contributed by atoms with van der Waals surface area (Å²) in [6.45, 7) is 2.15. The van der Waals surface area contributed by atoms with Gasteiger partial charge in [-0.05, 0) is 30.7 Å². The number of sulfonamides is 1. The van der Waals surface area contributed by atoms with Crippen molar-refractivity contribution in [2.24, 2.45) is 5.73 Å². The number of aryl methyl sites for hydroxylation is 1. The van der Waals surface area contributed by atoms with Crippen LogP contribution in [0.1, 0.15) is 11.3 Å². The molecular formula is C12H14N4O2S.